The molecule has 1 rings (SSSR count). The molecule has 0 fully saturated rings. The lowest BCUT2D eigenvalue weighted by Gasteiger charge is -2.02. The Morgan fingerprint density at radius 3 is 2.69 bits per heavy atom. The summed E-state index contributed by atoms with van der Waals surface area (Å²) in [5, 5.41) is 4.33. The monoisotopic (exact) mass is 208 g/mol. The average molecular weight is 208 g/mol. The Bertz CT molecular complexity index is 295. The van der Waals surface area contributed by atoms with Crippen molar-refractivity contribution in [1.82, 2.24) is 0 Å². The van der Waals surface area contributed by atoms with E-state index in [4.69, 9.17) is 0 Å². The van der Waals surface area contributed by atoms with Gasteiger partial charge in [0.15, 0.2) is 0 Å². The molecule has 70 valence electrons. The van der Waals surface area contributed by atoms with Crippen LogP contribution in [0, 0.1) is 11.5 Å². The molecule has 0 aliphatic rings. The fourth-order valence-electron chi connectivity index (χ4n) is 0.969. The molecule has 0 atom stereocenters. The maximum absolute atomic E-state index is 3.38. The van der Waals surface area contributed by atoms with Gasteiger partial charge in [0.1, 0.15) is 8.07 Å². The Kier molecular flexibility index (Phi) is 3.77. The van der Waals surface area contributed by atoms with Gasteiger partial charge in [0.05, 0.1) is 0 Å². The Hall–Kier alpha value is -0.523. The zero-order valence-electron chi connectivity index (χ0n) is 8.55. The lowest BCUT2D eigenvalue weighted by Crippen LogP contribution is -2.16. The van der Waals surface area contributed by atoms with E-state index in [-0.39, 0.29) is 0 Å². The van der Waals surface area contributed by atoms with Crippen LogP contribution in [-0.2, 0) is 6.42 Å². The molecule has 13 heavy (non-hydrogen) atoms. The van der Waals surface area contributed by atoms with Gasteiger partial charge in [-0.05, 0) is 28.8 Å². The molecule has 0 unspecified atom stereocenters. The summed E-state index contributed by atoms with van der Waals surface area (Å²) >= 11 is 1.76. The maximum atomic E-state index is 3.38. The molecular weight excluding hydrogens is 192 g/mol. The van der Waals surface area contributed by atoms with E-state index >= 15 is 0 Å². The smallest absolute Gasteiger partial charge is 0.129 e. The van der Waals surface area contributed by atoms with Gasteiger partial charge in [0.2, 0.25) is 0 Å². The second-order valence-electron chi connectivity index (χ2n) is 4.18. The van der Waals surface area contributed by atoms with Crippen LogP contribution in [0.4, 0.5) is 0 Å². The number of hydrogen-bond acceptors (Lipinski definition) is 1. The minimum Gasteiger partial charge on any atom is -0.152 e. The van der Waals surface area contributed by atoms with Gasteiger partial charge >= 0.3 is 0 Å². The van der Waals surface area contributed by atoms with Gasteiger partial charge in [0.25, 0.3) is 0 Å². The van der Waals surface area contributed by atoms with Gasteiger partial charge < -0.3 is 0 Å². The Morgan fingerprint density at radius 2 is 2.15 bits per heavy atom. The van der Waals surface area contributed by atoms with E-state index in [1.54, 1.807) is 11.3 Å². The van der Waals surface area contributed by atoms with Gasteiger partial charge in [-0.25, -0.2) is 0 Å². The first-order valence-corrected chi connectivity index (χ1v) is 9.03. The van der Waals surface area contributed by atoms with Crippen LogP contribution in [0.5, 0.6) is 0 Å². The Balaban J connectivity index is 2.32. The van der Waals surface area contributed by atoms with Crippen molar-refractivity contribution in [2.45, 2.75) is 32.5 Å². The predicted octanol–water partition coefficient (Wildman–Crippen LogP) is 3.56. The van der Waals surface area contributed by atoms with E-state index < -0.39 is 8.07 Å². The number of hydrogen-bond donors (Lipinski definition) is 0. The first-order valence-electron chi connectivity index (χ1n) is 4.59. The van der Waals surface area contributed by atoms with Gasteiger partial charge in [-0.15, -0.1) is 11.5 Å². The molecule has 0 aliphatic heterocycles. The highest BCUT2D eigenvalue weighted by atomic mass is 32.1. The van der Waals surface area contributed by atoms with Crippen LogP contribution < -0.4 is 0 Å². The molecule has 0 N–H and O–H groups in total. The summed E-state index contributed by atoms with van der Waals surface area (Å²) in [6.07, 6.45) is 2.13. The summed E-state index contributed by atoms with van der Waals surface area (Å²) in [6, 6.07) is 2.18. The average Bonchev–Trinajstić information content (AvgIpc) is 2.48. The second-order valence-corrected chi connectivity index (χ2v) is 9.71. The summed E-state index contributed by atoms with van der Waals surface area (Å²) in [5.41, 5.74) is 4.80. The van der Waals surface area contributed by atoms with Crippen LogP contribution >= 0.6 is 11.3 Å². The minimum absolute atomic E-state index is 1.01. The molecule has 1 aromatic rings. The third-order valence-electron chi connectivity index (χ3n) is 1.58. The Labute approximate surface area is 86.0 Å². The number of aryl methyl sites for hydroxylation is 1. The van der Waals surface area contributed by atoms with Crippen molar-refractivity contribution in [3.05, 3.63) is 22.4 Å². The third kappa shape index (κ3) is 4.92. The molecule has 1 heterocycles. The van der Waals surface area contributed by atoms with Crippen molar-refractivity contribution in [2.75, 3.05) is 0 Å². The quantitative estimate of drug-likeness (QED) is 0.515. The Morgan fingerprint density at radius 1 is 1.38 bits per heavy atom. The topological polar surface area (TPSA) is 0 Å². The highest BCUT2D eigenvalue weighted by Crippen LogP contribution is 2.07. The van der Waals surface area contributed by atoms with Gasteiger partial charge in [0, 0.05) is 6.42 Å². The lowest BCUT2D eigenvalue weighted by atomic mass is 10.2. The van der Waals surface area contributed by atoms with Crippen molar-refractivity contribution in [3.63, 3.8) is 0 Å². The minimum atomic E-state index is -1.14. The van der Waals surface area contributed by atoms with Gasteiger partial charge in [-0.3, -0.25) is 0 Å². The largest absolute Gasteiger partial charge is 0.152 e. The van der Waals surface area contributed by atoms with E-state index in [1.807, 2.05) is 0 Å². The molecule has 0 aliphatic carbocycles. The summed E-state index contributed by atoms with van der Waals surface area (Å²) in [5.74, 6) is 3.28. The van der Waals surface area contributed by atoms with Crippen LogP contribution in [0.15, 0.2) is 16.8 Å². The van der Waals surface area contributed by atoms with E-state index in [1.165, 1.54) is 5.56 Å². The first kappa shape index (κ1) is 10.6. The number of thiophene rings is 1. The SMILES string of the molecule is C[Si](C)(C)C#CCCc1ccsc1. The first-order chi connectivity index (χ1) is 6.08. The van der Waals surface area contributed by atoms with Crippen molar-refractivity contribution >= 4 is 19.4 Å². The van der Waals surface area contributed by atoms with Gasteiger partial charge in [-0.2, -0.15) is 11.3 Å². The van der Waals surface area contributed by atoms with Gasteiger partial charge in [-0.1, -0.05) is 19.6 Å². The van der Waals surface area contributed by atoms with Crippen LogP contribution in [0.3, 0.4) is 0 Å². The molecule has 0 nitrogen and oxygen atoms in total. The molecule has 1 aromatic heterocycles. The summed E-state index contributed by atoms with van der Waals surface area (Å²) in [4.78, 5) is 0. The second kappa shape index (κ2) is 4.64. The number of rotatable bonds is 2. The zero-order chi connectivity index (χ0) is 9.73. The molecule has 0 amide bonds. The standard InChI is InChI=1S/C11H16SSi/c1-13(2,3)9-5-4-6-11-7-8-12-10-11/h7-8,10H,4,6H2,1-3H3. The molecule has 0 bridgehead atoms. The lowest BCUT2D eigenvalue weighted by molar-refractivity contribution is 1.04. The van der Waals surface area contributed by atoms with Crippen molar-refractivity contribution in [2.24, 2.45) is 0 Å². The van der Waals surface area contributed by atoms with Crippen LogP contribution in [0.2, 0.25) is 19.6 Å². The summed E-state index contributed by atoms with van der Waals surface area (Å²) < 4.78 is 0. The van der Waals surface area contributed by atoms with Crippen molar-refractivity contribution in [1.29, 1.82) is 0 Å². The van der Waals surface area contributed by atoms with Crippen LogP contribution in [0.25, 0.3) is 0 Å². The summed E-state index contributed by atoms with van der Waals surface area (Å²) in [6.45, 7) is 6.85. The maximum Gasteiger partial charge on any atom is 0.129 e. The molecule has 0 radical (unpaired) electrons. The zero-order valence-corrected chi connectivity index (χ0v) is 10.4. The molecule has 0 saturated carbocycles. The van der Waals surface area contributed by atoms with Crippen molar-refractivity contribution < 1.29 is 0 Å². The highest BCUT2D eigenvalue weighted by molar-refractivity contribution is 7.07. The molecule has 2 heteroatoms. The summed E-state index contributed by atoms with van der Waals surface area (Å²) in [7, 11) is -1.14. The molecule has 0 aromatic carbocycles. The van der Waals surface area contributed by atoms with E-state index in [2.05, 4.69) is 47.9 Å². The normalized spacial score (nSPS) is 10.7. The predicted molar refractivity (Wildman–Crippen MR) is 63.8 cm³/mol. The van der Waals surface area contributed by atoms with Crippen molar-refractivity contribution in [3.8, 4) is 11.5 Å². The van der Waals surface area contributed by atoms with Crippen LogP contribution in [0.1, 0.15) is 12.0 Å². The fraction of sp³-hybridized carbons (Fsp3) is 0.455. The molecular formula is C11H16SSi. The van der Waals surface area contributed by atoms with E-state index in [9.17, 15) is 0 Å². The van der Waals surface area contributed by atoms with Crippen LogP contribution in [-0.4, -0.2) is 8.07 Å². The molecule has 0 saturated heterocycles. The third-order valence-corrected chi connectivity index (χ3v) is 3.24. The van der Waals surface area contributed by atoms with E-state index in [0.29, 0.717) is 0 Å². The highest BCUT2D eigenvalue weighted by Gasteiger charge is 2.06. The van der Waals surface area contributed by atoms with E-state index in [0.717, 1.165) is 12.8 Å². The fourth-order valence-corrected chi connectivity index (χ4v) is 2.33. The molecule has 0 spiro atoms.